The predicted molar refractivity (Wildman–Crippen MR) is 126 cm³/mol. The van der Waals surface area contributed by atoms with Gasteiger partial charge < -0.3 is 14.2 Å². The average molecular weight is 459 g/mol. The van der Waals surface area contributed by atoms with Gasteiger partial charge in [-0.25, -0.2) is 9.59 Å². The molecule has 0 aromatic heterocycles. The molecule has 0 amide bonds. The summed E-state index contributed by atoms with van der Waals surface area (Å²) in [7, 11) is 0. The van der Waals surface area contributed by atoms with Crippen LogP contribution in [0.2, 0.25) is 0 Å². The molecular weight excluding hydrogens is 432 g/mol. The maximum atomic E-state index is 13.0. The first-order valence-electron chi connectivity index (χ1n) is 11.5. The summed E-state index contributed by atoms with van der Waals surface area (Å²) < 4.78 is 16.9. The molecule has 0 spiro atoms. The number of esters is 3. The Balaban J connectivity index is 1.36. The fraction of sp³-hybridized carbons (Fsp3) is 0.321. The first-order chi connectivity index (χ1) is 16.4. The standard InChI is InChI=1S/C28H26O6/c1-16-12-21-14-20(28(31)32-21)15-24-26(17(2)27(30)34-24)23(13-16)33-25(29)11-10-19-8-5-7-18-6-3-4-9-22(18)19/h3-9,13-14,21,23-24,26H,2,10-12,15H2,1H3/b16-13+/t21-,23?,24?,26+/m1/s1. The number of benzene rings is 2. The van der Waals surface area contributed by atoms with Crippen molar-refractivity contribution in [2.75, 3.05) is 0 Å². The molecule has 2 unspecified atom stereocenters. The van der Waals surface area contributed by atoms with Gasteiger partial charge in [-0.05, 0) is 41.8 Å². The minimum Gasteiger partial charge on any atom is -0.458 e. The number of hydrogen-bond donors (Lipinski definition) is 0. The van der Waals surface area contributed by atoms with Crippen molar-refractivity contribution in [3.05, 3.63) is 83.5 Å². The molecule has 5 rings (SSSR count). The van der Waals surface area contributed by atoms with Crippen molar-refractivity contribution in [1.29, 1.82) is 0 Å². The second kappa shape index (κ2) is 8.93. The minimum absolute atomic E-state index is 0.200. The summed E-state index contributed by atoms with van der Waals surface area (Å²) in [4.78, 5) is 37.6. The summed E-state index contributed by atoms with van der Waals surface area (Å²) in [6.07, 6.45) is 3.36. The number of aryl methyl sites for hydroxylation is 1. The Kier molecular flexibility index (Phi) is 5.82. The topological polar surface area (TPSA) is 78.9 Å². The summed E-state index contributed by atoms with van der Waals surface area (Å²) in [5, 5.41) is 2.24. The van der Waals surface area contributed by atoms with Crippen molar-refractivity contribution in [3.8, 4) is 0 Å². The highest BCUT2D eigenvalue weighted by Gasteiger charge is 2.46. The smallest absolute Gasteiger partial charge is 0.334 e. The van der Waals surface area contributed by atoms with Crippen LogP contribution < -0.4 is 0 Å². The molecule has 2 aliphatic heterocycles. The zero-order chi connectivity index (χ0) is 23.8. The van der Waals surface area contributed by atoms with Crippen LogP contribution in [0.15, 0.2) is 77.9 Å². The van der Waals surface area contributed by atoms with Gasteiger partial charge in [-0.2, -0.15) is 0 Å². The van der Waals surface area contributed by atoms with Crippen molar-refractivity contribution in [2.24, 2.45) is 5.92 Å². The molecule has 34 heavy (non-hydrogen) atoms. The van der Waals surface area contributed by atoms with Crippen LogP contribution in [0.3, 0.4) is 0 Å². The lowest BCUT2D eigenvalue weighted by molar-refractivity contribution is -0.150. The summed E-state index contributed by atoms with van der Waals surface area (Å²) >= 11 is 0. The van der Waals surface area contributed by atoms with E-state index in [1.54, 1.807) is 6.08 Å². The van der Waals surface area contributed by atoms with Gasteiger partial charge in [-0.15, -0.1) is 0 Å². The normalized spacial score (nSPS) is 27.9. The van der Waals surface area contributed by atoms with E-state index < -0.39 is 30.1 Å². The molecule has 2 aromatic carbocycles. The molecule has 2 bridgehead atoms. The van der Waals surface area contributed by atoms with E-state index in [1.165, 1.54) is 0 Å². The Labute approximate surface area is 197 Å². The van der Waals surface area contributed by atoms with Crippen LogP contribution in [0.4, 0.5) is 0 Å². The Morgan fingerprint density at radius 2 is 1.82 bits per heavy atom. The molecular formula is C28H26O6. The van der Waals surface area contributed by atoms with Gasteiger partial charge in [0.2, 0.25) is 0 Å². The first-order valence-corrected chi connectivity index (χ1v) is 11.5. The maximum Gasteiger partial charge on any atom is 0.334 e. The molecule has 1 aliphatic carbocycles. The highest BCUT2D eigenvalue weighted by atomic mass is 16.6. The molecule has 174 valence electrons. The Morgan fingerprint density at radius 1 is 1.03 bits per heavy atom. The van der Waals surface area contributed by atoms with E-state index in [0.29, 0.717) is 18.4 Å². The third kappa shape index (κ3) is 4.28. The van der Waals surface area contributed by atoms with Crippen LogP contribution in [-0.4, -0.2) is 36.2 Å². The number of hydrogen-bond acceptors (Lipinski definition) is 6. The third-order valence-electron chi connectivity index (χ3n) is 6.72. The highest BCUT2D eigenvalue weighted by Crippen LogP contribution is 2.38. The lowest BCUT2D eigenvalue weighted by Crippen LogP contribution is -2.33. The number of fused-ring (bicyclic) bond motifs is 3. The van der Waals surface area contributed by atoms with Crippen LogP contribution in [0, 0.1) is 5.92 Å². The first kappa shape index (κ1) is 22.1. The molecule has 4 atom stereocenters. The van der Waals surface area contributed by atoms with E-state index in [2.05, 4.69) is 6.58 Å². The summed E-state index contributed by atoms with van der Waals surface area (Å²) in [6, 6.07) is 14.1. The quantitative estimate of drug-likeness (QED) is 0.293. The number of rotatable bonds is 4. The second-order valence-corrected chi connectivity index (χ2v) is 9.14. The van der Waals surface area contributed by atoms with E-state index in [-0.39, 0.29) is 30.5 Å². The number of carbonyl (C=O) groups excluding carboxylic acids is 3. The number of ether oxygens (including phenoxy) is 3. The molecule has 6 nitrogen and oxygen atoms in total. The van der Waals surface area contributed by atoms with E-state index in [1.807, 2.05) is 55.5 Å². The van der Waals surface area contributed by atoms with Crippen LogP contribution in [0.25, 0.3) is 10.8 Å². The van der Waals surface area contributed by atoms with Crippen LogP contribution in [0.5, 0.6) is 0 Å². The zero-order valence-corrected chi connectivity index (χ0v) is 19.0. The molecule has 6 heteroatoms. The summed E-state index contributed by atoms with van der Waals surface area (Å²) in [6.45, 7) is 5.80. The van der Waals surface area contributed by atoms with Gasteiger partial charge in [0.1, 0.15) is 18.3 Å². The Hall–Kier alpha value is -3.67. The molecule has 2 heterocycles. The molecule has 0 N–H and O–H groups in total. The van der Waals surface area contributed by atoms with Crippen LogP contribution in [0.1, 0.15) is 31.7 Å². The Bertz CT molecular complexity index is 1250. The van der Waals surface area contributed by atoms with Crippen molar-refractivity contribution < 1.29 is 28.6 Å². The summed E-state index contributed by atoms with van der Waals surface area (Å²) in [5.74, 6) is -1.84. The van der Waals surface area contributed by atoms with E-state index in [4.69, 9.17) is 14.2 Å². The van der Waals surface area contributed by atoms with Crippen molar-refractivity contribution in [2.45, 2.75) is 50.9 Å². The van der Waals surface area contributed by atoms with Crippen LogP contribution >= 0.6 is 0 Å². The maximum absolute atomic E-state index is 13.0. The largest absolute Gasteiger partial charge is 0.458 e. The van der Waals surface area contributed by atoms with Crippen molar-refractivity contribution in [3.63, 3.8) is 0 Å². The van der Waals surface area contributed by atoms with E-state index in [0.717, 1.165) is 21.9 Å². The van der Waals surface area contributed by atoms with Crippen molar-refractivity contribution >= 4 is 28.7 Å². The predicted octanol–water partition coefficient (Wildman–Crippen LogP) is 4.37. The van der Waals surface area contributed by atoms with Gasteiger partial charge >= 0.3 is 17.9 Å². The SMILES string of the molecule is C=C1C(=O)OC2CC3=C[C@@H](C/C(C)=C/C(OC(=O)CCc4cccc5ccccc45)[C@H]12)OC3=O. The van der Waals surface area contributed by atoms with Gasteiger partial charge in [-0.3, -0.25) is 4.79 Å². The van der Waals surface area contributed by atoms with E-state index in [9.17, 15) is 14.4 Å². The fourth-order valence-electron chi connectivity index (χ4n) is 5.07. The lowest BCUT2D eigenvalue weighted by Gasteiger charge is -2.26. The highest BCUT2D eigenvalue weighted by molar-refractivity contribution is 5.93. The molecule has 2 aromatic rings. The summed E-state index contributed by atoms with van der Waals surface area (Å²) in [5.41, 5.74) is 2.71. The van der Waals surface area contributed by atoms with Crippen LogP contribution in [-0.2, 0) is 35.0 Å². The molecule has 1 fully saturated rings. The van der Waals surface area contributed by atoms with Gasteiger partial charge in [0.25, 0.3) is 0 Å². The molecule has 0 saturated carbocycles. The molecule has 0 radical (unpaired) electrons. The molecule has 1 saturated heterocycles. The van der Waals surface area contributed by atoms with Gasteiger partial charge in [0.05, 0.1) is 5.92 Å². The average Bonchev–Trinajstić information content (AvgIpc) is 3.28. The van der Waals surface area contributed by atoms with Gasteiger partial charge in [0, 0.05) is 30.4 Å². The monoisotopic (exact) mass is 458 g/mol. The molecule has 3 aliphatic rings. The zero-order valence-electron chi connectivity index (χ0n) is 19.0. The minimum atomic E-state index is -0.711. The second-order valence-electron chi connectivity index (χ2n) is 9.14. The lowest BCUT2D eigenvalue weighted by atomic mass is 9.85. The Morgan fingerprint density at radius 3 is 2.68 bits per heavy atom. The van der Waals surface area contributed by atoms with Crippen molar-refractivity contribution in [1.82, 2.24) is 0 Å². The van der Waals surface area contributed by atoms with Gasteiger partial charge in [0.15, 0.2) is 0 Å². The number of carbonyl (C=O) groups is 3. The van der Waals surface area contributed by atoms with Gasteiger partial charge in [-0.1, -0.05) is 54.6 Å². The van der Waals surface area contributed by atoms with E-state index >= 15 is 0 Å². The third-order valence-corrected chi connectivity index (χ3v) is 6.72. The fourth-order valence-corrected chi connectivity index (χ4v) is 5.07.